The number of rotatable bonds is 6. The van der Waals surface area contributed by atoms with Crippen molar-refractivity contribution in [2.75, 3.05) is 6.61 Å². The highest BCUT2D eigenvalue weighted by atomic mass is 16.5. The van der Waals surface area contributed by atoms with E-state index in [4.69, 9.17) is 4.74 Å². The number of carbonyl (C=O) groups excluding carboxylic acids is 3. The molecule has 1 aromatic carbocycles. The van der Waals surface area contributed by atoms with Crippen molar-refractivity contribution in [3.8, 4) is 11.8 Å². The summed E-state index contributed by atoms with van der Waals surface area (Å²) in [5, 5.41) is 0. The number of benzene rings is 1. The Morgan fingerprint density at radius 3 is 2.75 bits per heavy atom. The van der Waals surface area contributed by atoms with Gasteiger partial charge >= 0.3 is 5.97 Å². The summed E-state index contributed by atoms with van der Waals surface area (Å²) < 4.78 is 5.17. The third kappa shape index (κ3) is 4.78. The van der Waals surface area contributed by atoms with E-state index >= 15 is 0 Å². The van der Waals surface area contributed by atoms with Crippen LogP contribution in [0.2, 0.25) is 0 Å². The smallest absolute Gasteiger partial charge is 0.309 e. The summed E-state index contributed by atoms with van der Waals surface area (Å²) in [5.41, 5.74) is 3.22. The van der Waals surface area contributed by atoms with Crippen LogP contribution in [-0.2, 0) is 19.1 Å². The Kier molecular flexibility index (Phi) is 6.74. The van der Waals surface area contributed by atoms with Gasteiger partial charge in [0.2, 0.25) is 5.78 Å². The Balaban J connectivity index is 1.45. The molecule has 32 heavy (non-hydrogen) atoms. The van der Waals surface area contributed by atoms with E-state index in [0.29, 0.717) is 25.9 Å². The van der Waals surface area contributed by atoms with E-state index in [-0.39, 0.29) is 29.9 Å². The van der Waals surface area contributed by atoms with Crippen LogP contribution in [0, 0.1) is 23.2 Å². The van der Waals surface area contributed by atoms with E-state index in [1.807, 2.05) is 30.3 Å². The predicted molar refractivity (Wildman–Crippen MR) is 123 cm³/mol. The van der Waals surface area contributed by atoms with Crippen molar-refractivity contribution in [2.24, 2.45) is 11.3 Å². The molecule has 4 nitrogen and oxygen atoms in total. The zero-order chi connectivity index (χ0) is 22.6. The molecule has 0 aliphatic heterocycles. The molecule has 0 saturated heterocycles. The molecule has 0 N–H and O–H groups in total. The number of esters is 1. The van der Waals surface area contributed by atoms with Gasteiger partial charge in [0.25, 0.3) is 0 Å². The van der Waals surface area contributed by atoms with Gasteiger partial charge in [-0.2, -0.15) is 0 Å². The number of Topliss-reactive ketones (excluding diaryl/α,β-unsaturated/α-hetero) is 2. The molecule has 0 radical (unpaired) electrons. The molecule has 0 amide bonds. The third-order valence-corrected chi connectivity index (χ3v) is 6.94. The van der Waals surface area contributed by atoms with Crippen LogP contribution in [0.4, 0.5) is 0 Å². The highest BCUT2D eigenvalue weighted by Gasteiger charge is 2.51. The maximum absolute atomic E-state index is 13.6. The zero-order valence-corrected chi connectivity index (χ0v) is 18.7. The van der Waals surface area contributed by atoms with Crippen molar-refractivity contribution in [3.05, 3.63) is 58.7 Å². The molecular formula is C28H30O4. The lowest BCUT2D eigenvalue weighted by atomic mass is 9.79. The largest absolute Gasteiger partial charge is 0.466 e. The zero-order valence-electron chi connectivity index (χ0n) is 18.7. The van der Waals surface area contributed by atoms with Gasteiger partial charge in [0.15, 0.2) is 5.78 Å². The Morgan fingerprint density at radius 1 is 1.22 bits per heavy atom. The van der Waals surface area contributed by atoms with Crippen LogP contribution in [0.1, 0.15) is 70.3 Å². The molecule has 4 heteroatoms. The number of hydrogen-bond donors (Lipinski definition) is 0. The lowest BCUT2D eigenvalue weighted by molar-refractivity contribution is -0.142. The molecule has 2 atom stereocenters. The molecule has 1 fully saturated rings. The molecule has 3 aliphatic rings. The Hall–Kier alpha value is -2.93. The lowest BCUT2D eigenvalue weighted by Crippen LogP contribution is -2.25. The van der Waals surface area contributed by atoms with E-state index in [9.17, 15) is 14.4 Å². The van der Waals surface area contributed by atoms with Crippen molar-refractivity contribution in [1.82, 2.24) is 0 Å². The maximum Gasteiger partial charge on any atom is 0.309 e. The Morgan fingerprint density at radius 2 is 2.03 bits per heavy atom. The first kappa shape index (κ1) is 22.3. The van der Waals surface area contributed by atoms with Crippen LogP contribution in [-0.4, -0.2) is 24.1 Å². The minimum atomic E-state index is -0.460. The fraction of sp³-hybridized carbons (Fsp3) is 0.464. The van der Waals surface area contributed by atoms with Crippen LogP contribution in [0.25, 0.3) is 0 Å². The average molecular weight is 431 g/mol. The highest BCUT2D eigenvalue weighted by molar-refractivity contribution is 6.08. The quantitative estimate of drug-likeness (QED) is 0.464. The number of carbonyl (C=O) groups is 3. The summed E-state index contributed by atoms with van der Waals surface area (Å²) in [7, 11) is 0. The van der Waals surface area contributed by atoms with E-state index < -0.39 is 5.41 Å². The summed E-state index contributed by atoms with van der Waals surface area (Å²) in [4.78, 5) is 38.3. The van der Waals surface area contributed by atoms with E-state index in [2.05, 4.69) is 17.9 Å². The minimum absolute atomic E-state index is 0.0696. The van der Waals surface area contributed by atoms with Crippen molar-refractivity contribution in [1.29, 1.82) is 0 Å². The lowest BCUT2D eigenvalue weighted by Gasteiger charge is -2.22. The fourth-order valence-electron chi connectivity index (χ4n) is 5.57. The van der Waals surface area contributed by atoms with Crippen molar-refractivity contribution >= 4 is 17.5 Å². The normalized spacial score (nSPS) is 24.5. The van der Waals surface area contributed by atoms with E-state index in [0.717, 1.165) is 54.4 Å². The van der Waals surface area contributed by atoms with Crippen LogP contribution >= 0.6 is 0 Å². The van der Waals surface area contributed by atoms with Gasteiger partial charge in [-0.3, -0.25) is 14.4 Å². The van der Waals surface area contributed by atoms with Gasteiger partial charge in [0.1, 0.15) is 0 Å². The Labute approximate surface area is 190 Å². The van der Waals surface area contributed by atoms with E-state index in [1.165, 1.54) is 0 Å². The maximum atomic E-state index is 13.6. The first-order chi connectivity index (χ1) is 15.5. The number of allylic oxidation sites excluding steroid dienone is 3. The molecule has 166 valence electrons. The number of ether oxygens (including phenoxy) is 1. The SMILES string of the molecule is CCOC(=O)CC1=C(C2=CCCC2)C(=O)C2(CCC(CC(=O)C#Cc3ccccc3)C2)C1. The van der Waals surface area contributed by atoms with Gasteiger partial charge in [-0.1, -0.05) is 30.2 Å². The number of hydrogen-bond acceptors (Lipinski definition) is 4. The average Bonchev–Trinajstić information content (AvgIpc) is 3.49. The second kappa shape index (κ2) is 9.69. The van der Waals surface area contributed by atoms with Crippen LogP contribution in [0.15, 0.2) is 53.1 Å². The molecule has 0 bridgehead atoms. The monoisotopic (exact) mass is 430 g/mol. The minimum Gasteiger partial charge on any atom is -0.466 e. The second-order valence-corrected chi connectivity index (χ2v) is 9.22. The highest BCUT2D eigenvalue weighted by Crippen LogP contribution is 2.55. The summed E-state index contributed by atoms with van der Waals surface area (Å²) in [6.07, 6.45) is 8.65. The summed E-state index contributed by atoms with van der Waals surface area (Å²) in [6, 6.07) is 9.50. The molecule has 4 rings (SSSR count). The molecule has 3 aliphatic carbocycles. The first-order valence-corrected chi connectivity index (χ1v) is 11.7. The molecular weight excluding hydrogens is 400 g/mol. The molecule has 0 aromatic heterocycles. The van der Waals surface area contributed by atoms with Crippen molar-refractivity contribution in [2.45, 2.75) is 64.7 Å². The van der Waals surface area contributed by atoms with Gasteiger partial charge in [-0.25, -0.2) is 0 Å². The second-order valence-electron chi connectivity index (χ2n) is 9.22. The third-order valence-electron chi connectivity index (χ3n) is 6.94. The van der Waals surface area contributed by atoms with E-state index in [1.54, 1.807) is 6.92 Å². The standard InChI is InChI=1S/C28H30O4/c1-2-32-25(30)17-23-19-28(27(31)26(23)22-10-6-7-11-22)15-14-21(18-28)16-24(29)13-12-20-8-4-3-5-9-20/h3-5,8-10,21H,2,6-7,11,14-19H2,1H3. The number of ketones is 2. The predicted octanol–water partition coefficient (Wildman–Crippen LogP) is 5.12. The van der Waals surface area contributed by atoms with Gasteiger partial charge in [0, 0.05) is 23.0 Å². The summed E-state index contributed by atoms with van der Waals surface area (Å²) in [5.74, 6) is 5.73. The van der Waals surface area contributed by atoms with Gasteiger partial charge in [0.05, 0.1) is 13.0 Å². The Bertz CT molecular complexity index is 1030. The molecule has 1 spiro atoms. The first-order valence-electron chi connectivity index (χ1n) is 11.7. The topological polar surface area (TPSA) is 60.4 Å². The van der Waals surface area contributed by atoms with Crippen LogP contribution < -0.4 is 0 Å². The molecule has 2 unspecified atom stereocenters. The summed E-state index contributed by atoms with van der Waals surface area (Å²) in [6.45, 7) is 2.14. The van der Waals surface area contributed by atoms with Gasteiger partial charge in [-0.15, -0.1) is 0 Å². The van der Waals surface area contributed by atoms with Crippen molar-refractivity contribution < 1.29 is 19.1 Å². The summed E-state index contributed by atoms with van der Waals surface area (Å²) >= 11 is 0. The van der Waals surface area contributed by atoms with Gasteiger partial charge < -0.3 is 4.74 Å². The molecule has 0 heterocycles. The van der Waals surface area contributed by atoms with Crippen LogP contribution in [0.3, 0.4) is 0 Å². The van der Waals surface area contributed by atoms with Gasteiger partial charge in [-0.05, 0) is 87.0 Å². The molecule has 1 saturated carbocycles. The van der Waals surface area contributed by atoms with Crippen LogP contribution in [0.5, 0.6) is 0 Å². The fourth-order valence-corrected chi connectivity index (χ4v) is 5.57. The molecule has 1 aromatic rings. The van der Waals surface area contributed by atoms with Crippen molar-refractivity contribution in [3.63, 3.8) is 0 Å².